The summed E-state index contributed by atoms with van der Waals surface area (Å²) in [6.07, 6.45) is -1.32. The predicted molar refractivity (Wildman–Crippen MR) is 42.2 cm³/mol. The van der Waals surface area contributed by atoms with Crippen molar-refractivity contribution in [2.24, 2.45) is 5.73 Å². The van der Waals surface area contributed by atoms with Crippen LogP contribution in [0.3, 0.4) is 0 Å². The molecule has 0 aromatic rings. The van der Waals surface area contributed by atoms with Gasteiger partial charge in [0.2, 0.25) is 0 Å². The second kappa shape index (κ2) is 4.28. The zero-order chi connectivity index (χ0) is 9.90. The summed E-state index contributed by atoms with van der Waals surface area (Å²) >= 11 is 0. The molecule has 0 amide bonds. The first-order chi connectivity index (χ1) is 5.99. The molecule has 1 saturated carbocycles. The first-order valence-electron chi connectivity index (χ1n) is 4.43. The first kappa shape index (κ1) is 10.8. The van der Waals surface area contributed by atoms with Crippen LogP contribution < -0.4 is 5.73 Å². The van der Waals surface area contributed by atoms with Gasteiger partial charge in [-0.1, -0.05) is 12.8 Å². The van der Waals surface area contributed by atoms with Gasteiger partial charge < -0.3 is 10.5 Å². The highest BCUT2D eigenvalue weighted by Crippen LogP contribution is 2.22. The Kier molecular flexibility index (Phi) is 3.55. The van der Waals surface area contributed by atoms with E-state index in [0.717, 1.165) is 19.3 Å². The lowest BCUT2D eigenvalue weighted by Crippen LogP contribution is -2.41. The summed E-state index contributed by atoms with van der Waals surface area (Å²) < 4.78 is 40.0. The van der Waals surface area contributed by atoms with E-state index < -0.39 is 18.9 Å². The first-order valence-corrected chi connectivity index (χ1v) is 4.43. The molecule has 2 N–H and O–H groups in total. The van der Waals surface area contributed by atoms with E-state index in [4.69, 9.17) is 10.5 Å². The van der Waals surface area contributed by atoms with Gasteiger partial charge in [-0.2, -0.15) is 13.2 Å². The lowest BCUT2D eigenvalue weighted by atomic mass is 9.93. The fraction of sp³-hybridized carbons (Fsp3) is 1.00. The van der Waals surface area contributed by atoms with Crippen molar-refractivity contribution in [2.45, 2.75) is 44.0 Å². The number of hydrogen-bond acceptors (Lipinski definition) is 2. The van der Waals surface area contributed by atoms with Gasteiger partial charge in [-0.05, 0) is 12.8 Å². The second-order valence-corrected chi connectivity index (χ2v) is 3.41. The zero-order valence-electron chi connectivity index (χ0n) is 7.31. The second-order valence-electron chi connectivity index (χ2n) is 3.41. The highest BCUT2D eigenvalue weighted by Gasteiger charge is 2.31. The highest BCUT2D eigenvalue weighted by atomic mass is 19.4. The van der Waals surface area contributed by atoms with Gasteiger partial charge in [-0.15, -0.1) is 0 Å². The van der Waals surface area contributed by atoms with Gasteiger partial charge in [-0.3, -0.25) is 0 Å². The Labute approximate surface area is 75.2 Å². The molecule has 1 fully saturated rings. The number of hydrogen-bond donors (Lipinski definition) is 1. The smallest absolute Gasteiger partial charge is 0.367 e. The minimum Gasteiger partial charge on any atom is -0.367 e. The Morgan fingerprint density at radius 2 is 1.85 bits per heavy atom. The van der Waals surface area contributed by atoms with Crippen molar-refractivity contribution in [1.29, 1.82) is 0 Å². The molecule has 1 rings (SSSR count). The molecule has 1 aliphatic carbocycles. The van der Waals surface area contributed by atoms with Crippen LogP contribution >= 0.6 is 0 Å². The van der Waals surface area contributed by atoms with Crippen LogP contribution in [0.1, 0.15) is 25.7 Å². The molecule has 13 heavy (non-hydrogen) atoms. The fourth-order valence-electron chi connectivity index (χ4n) is 1.53. The van der Waals surface area contributed by atoms with Gasteiger partial charge in [0.05, 0.1) is 6.10 Å². The monoisotopic (exact) mass is 197 g/mol. The van der Waals surface area contributed by atoms with Gasteiger partial charge in [0, 0.05) is 6.04 Å². The lowest BCUT2D eigenvalue weighted by Gasteiger charge is -2.28. The molecule has 78 valence electrons. The molecule has 0 bridgehead atoms. The van der Waals surface area contributed by atoms with Gasteiger partial charge in [-0.25, -0.2) is 0 Å². The van der Waals surface area contributed by atoms with Crippen molar-refractivity contribution in [3.05, 3.63) is 0 Å². The van der Waals surface area contributed by atoms with Crippen molar-refractivity contribution in [2.75, 3.05) is 6.61 Å². The minimum absolute atomic E-state index is 0.226. The summed E-state index contributed by atoms with van der Waals surface area (Å²) in [4.78, 5) is 0. The number of ether oxygens (including phenoxy) is 1. The third-order valence-electron chi connectivity index (χ3n) is 2.21. The molecule has 5 heteroatoms. The average Bonchev–Trinajstić information content (AvgIpc) is 2.01. The van der Waals surface area contributed by atoms with Crippen LogP contribution in [0.2, 0.25) is 0 Å². The van der Waals surface area contributed by atoms with E-state index >= 15 is 0 Å². The van der Waals surface area contributed by atoms with Crippen molar-refractivity contribution in [1.82, 2.24) is 0 Å². The standard InChI is InChI=1S/C8H14F3NO/c9-8(10,11)5-13-7-4-2-1-3-6(7)12/h6-7H,1-5,12H2/t6-,7-/m0/s1. The largest absolute Gasteiger partial charge is 0.411 e. The Morgan fingerprint density at radius 1 is 1.23 bits per heavy atom. The van der Waals surface area contributed by atoms with Crippen LogP contribution in [0.5, 0.6) is 0 Å². The number of halogens is 3. The Balaban J connectivity index is 2.27. The molecule has 0 aromatic carbocycles. The molecule has 0 heterocycles. The molecular formula is C8H14F3NO. The summed E-state index contributed by atoms with van der Waals surface area (Å²) in [5, 5.41) is 0. The third kappa shape index (κ3) is 3.95. The van der Waals surface area contributed by atoms with E-state index in [0.29, 0.717) is 6.42 Å². The molecule has 0 aromatic heterocycles. The topological polar surface area (TPSA) is 35.2 Å². The maximum absolute atomic E-state index is 11.8. The molecular weight excluding hydrogens is 183 g/mol. The number of nitrogens with two attached hydrogens (primary N) is 1. The van der Waals surface area contributed by atoms with Crippen molar-refractivity contribution >= 4 is 0 Å². The molecule has 0 saturated heterocycles. The maximum Gasteiger partial charge on any atom is 0.411 e. The molecule has 2 nitrogen and oxygen atoms in total. The van der Waals surface area contributed by atoms with Crippen molar-refractivity contribution < 1.29 is 17.9 Å². The van der Waals surface area contributed by atoms with Crippen molar-refractivity contribution in [3.63, 3.8) is 0 Å². The van der Waals surface area contributed by atoms with Crippen LogP contribution in [0.15, 0.2) is 0 Å². The average molecular weight is 197 g/mol. The van der Waals surface area contributed by atoms with E-state index in [1.165, 1.54) is 0 Å². The molecule has 0 unspecified atom stereocenters. The number of rotatable bonds is 2. The van der Waals surface area contributed by atoms with E-state index in [1.54, 1.807) is 0 Å². The van der Waals surface area contributed by atoms with Gasteiger partial charge in [0.1, 0.15) is 6.61 Å². The number of alkyl halides is 3. The molecule has 0 spiro atoms. The third-order valence-corrected chi connectivity index (χ3v) is 2.21. The molecule has 1 aliphatic rings. The highest BCUT2D eigenvalue weighted by molar-refractivity contribution is 4.78. The van der Waals surface area contributed by atoms with Crippen LogP contribution in [0, 0.1) is 0 Å². The van der Waals surface area contributed by atoms with Crippen LogP contribution in [-0.4, -0.2) is 24.9 Å². The zero-order valence-corrected chi connectivity index (χ0v) is 7.31. The molecule has 2 atom stereocenters. The fourth-order valence-corrected chi connectivity index (χ4v) is 1.53. The SMILES string of the molecule is N[C@H]1CCCC[C@@H]1OCC(F)(F)F. The minimum atomic E-state index is -4.24. The quantitative estimate of drug-likeness (QED) is 0.733. The predicted octanol–water partition coefficient (Wildman–Crippen LogP) is 1.84. The Morgan fingerprint density at radius 3 is 2.38 bits per heavy atom. The van der Waals surface area contributed by atoms with E-state index in [9.17, 15) is 13.2 Å². The van der Waals surface area contributed by atoms with Gasteiger partial charge in [0.15, 0.2) is 0 Å². The Hall–Kier alpha value is -0.290. The van der Waals surface area contributed by atoms with Crippen LogP contribution in [-0.2, 0) is 4.74 Å². The van der Waals surface area contributed by atoms with E-state index in [2.05, 4.69) is 0 Å². The van der Waals surface area contributed by atoms with Crippen LogP contribution in [0.25, 0.3) is 0 Å². The van der Waals surface area contributed by atoms with E-state index in [-0.39, 0.29) is 6.04 Å². The summed E-state index contributed by atoms with van der Waals surface area (Å²) in [6, 6.07) is -0.226. The summed E-state index contributed by atoms with van der Waals surface area (Å²) in [7, 11) is 0. The summed E-state index contributed by atoms with van der Waals surface area (Å²) in [5.41, 5.74) is 5.62. The van der Waals surface area contributed by atoms with E-state index in [1.807, 2.05) is 0 Å². The van der Waals surface area contributed by atoms with Crippen LogP contribution in [0.4, 0.5) is 13.2 Å². The van der Waals surface area contributed by atoms with Gasteiger partial charge in [0.25, 0.3) is 0 Å². The summed E-state index contributed by atoms with van der Waals surface area (Å²) in [5.74, 6) is 0. The maximum atomic E-state index is 11.8. The Bertz CT molecular complexity index is 160. The normalized spacial score (nSPS) is 30.5. The van der Waals surface area contributed by atoms with Crippen molar-refractivity contribution in [3.8, 4) is 0 Å². The molecule has 0 aliphatic heterocycles. The molecule has 0 radical (unpaired) electrons. The summed E-state index contributed by atoms with van der Waals surface area (Å²) in [6.45, 7) is -1.18. The van der Waals surface area contributed by atoms with Gasteiger partial charge >= 0.3 is 6.18 Å². The lowest BCUT2D eigenvalue weighted by molar-refractivity contribution is -0.189.